The van der Waals surface area contributed by atoms with Gasteiger partial charge in [-0.25, -0.2) is 4.98 Å². The molecule has 0 saturated carbocycles. The fourth-order valence-electron chi connectivity index (χ4n) is 2.73. The first-order valence-corrected chi connectivity index (χ1v) is 7.62. The number of likely N-dealkylation sites (N-methyl/N-ethyl adjacent to an activating group) is 1. The van der Waals surface area contributed by atoms with Gasteiger partial charge in [0, 0.05) is 38.6 Å². The molecule has 0 spiro atoms. The summed E-state index contributed by atoms with van der Waals surface area (Å²) in [5, 5.41) is 0. The van der Waals surface area contributed by atoms with Crippen LogP contribution >= 0.6 is 0 Å². The molecule has 1 aliphatic heterocycles. The first kappa shape index (κ1) is 16.0. The molecule has 1 fully saturated rings. The van der Waals surface area contributed by atoms with E-state index in [-0.39, 0.29) is 18.1 Å². The lowest BCUT2D eigenvalue weighted by molar-refractivity contribution is -0.144. The Morgan fingerprint density at radius 2 is 2.10 bits per heavy atom. The van der Waals surface area contributed by atoms with Crippen LogP contribution in [0.2, 0.25) is 0 Å². The van der Waals surface area contributed by atoms with Crippen LogP contribution in [0.1, 0.15) is 20.3 Å². The number of carbonyl (C=O) groups excluding carboxylic acids is 1. The predicted octanol–water partition coefficient (Wildman–Crippen LogP) is 0.841. The van der Waals surface area contributed by atoms with Crippen LogP contribution in [-0.2, 0) is 16.1 Å². The average Bonchev–Trinajstić information content (AvgIpc) is 2.90. The van der Waals surface area contributed by atoms with Crippen LogP contribution in [0.5, 0.6) is 0 Å². The lowest BCUT2D eigenvalue weighted by Crippen LogP contribution is -2.50. The van der Waals surface area contributed by atoms with Crippen molar-refractivity contribution in [3.05, 3.63) is 18.7 Å². The highest BCUT2D eigenvalue weighted by Gasteiger charge is 2.26. The van der Waals surface area contributed by atoms with Crippen LogP contribution < -0.4 is 0 Å². The van der Waals surface area contributed by atoms with E-state index < -0.39 is 0 Å². The quantitative estimate of drug-likeness (QED) is 0.780. The molecule has 6 heteroatoms. The van der Waals surface area contributed by atoms with Crippen molar-refractivity contribution in [2.45, 2.75) is 39.0 Å². The smallest absolute Gasteiger partial charge is 0.236 e. The number of aromatic nitrogens is 2. The van der Waals surface area contributed by atoms with Crippen molar-refractivity contribution in [2.24, 2.45) is 0 Å². The molecule has 1 amide bonds. The Hall–Kier alpha value is -1.40. The van der Waals surface area contributed by atoms with Crippen molar-refractivity contribution < 1.29 is 9.53 Å². The molecule has 1 saturated heterocycles. The van der Waals surface area contributed by atoms with Crippen molar-refractivity contribution in [1.82, 2.24) is 19.4 Å². The zero-order chi connectivity index (χ0) is 15.2. The Morgan fingerprint density at radius 3 is 2.71 bits per heavy atom. The molecule has 2 atom stereocenters. The van der Waals surface area contributed by atoms with E-state index in [2.05, 4.69) is 14.5 Å². The third-order valence-corrected chi connectivity index (χ3v) is 3.69. The number of imidazole rings is 1. The average molecular weight is 294 g/mol. The zero-order valence-electron chi connectivity index (χ0n) is 13.2. The SMILES string of the molecule is C[C@@H]1CN(C(=O)CN(C)CCCn2ccnc2)C[C@H](C)O1. The molecule has 0 aromatic carbocycles. The van der Waals surface area contributed by atoms with Crippen LogP contribution in [0.3, 0.4) is 0 Å². The van der Waals surface area contributed by atoms with Crippen molar-refractivity contribution in [1.29, 1.82) is 0 Å². The minimum atomic E-state index is 0.129. The number of hydrogen-bond donors (Lipinski definition) is 0. The van der Waals surface area contributed by atoms with Gasteiger partial charge in [-0.05, 0) is 27.3 Å². The van der Waals surface area contributed by atoms with E-state index in [1.165, 1.54) is 0 Å². The summed E-state index contributed by atoms with van der Waals surface area (Å²) in [4.78, 5) is 20.3. The topological polar surface area (TPSA) is 50.6 Å². The standard InChI is InChI=1S/C15H26N4O2/c1-13-9-19(10-14(2)21-13)15(20)11-17(3)6-4-7-18-8-5-16-12-18/h5,8,12-14H,4,6-7,9-11H2,1-3H3/t13-,14+. The third-order valence-electron chi connectivity index (χ3n) is 3.69. The molecule has 6 nitrogen and oxygen atoms in total. The molecule has 2 heterocycles. The van der Waals surface area contributed by atoms with Crippen LogP contribution in [0.4, 0.5) is 0 Å². The summed E-state index contributed by atoms with van der Waals surface area (Å²) in [5.41, 5.74) is 0. The fraction of sp³-hybridized carbons (Fsp3) is 0.733. The van der Waals surface area contributed by atoms with Crippen LogP contribution in [0.25, 0.3) is 0 Å². The Balaban J connectivity index is 1.69. The lowest BCUT2D eigenvalue weighted by Gasteiger charge is -2.36. The zero-order valence-corrected chi connectivity index (χ0v) is 13.2. The molecule has 0 unspecified atom stereocenters. The monoisotopic (exact) mass is 294 g/mol. The maximum absolute atomic E-state index is 12.3. The van der Waals surface area contributed by atoms with Gasteiger partial charge in [-0.1, -0.05) is 0 Å². The summed E-state index contributed by atoms with van der Waals surface area (Å²) >= 11 is 0. The van der Waals surface area contributed by atoms with Crippen molar-refractivity contribution >= 4 is 5.91 Å². The predicted molar refractivity (Wildman–Crippen MR) is 80.9 cm³/mol. The maximum atomic E-state index is 12.3. The fourth-order valence-corrected chi connectivity index (χ4v) is 2.73. The number of ether oxygens (including phenoxy) is 1. The second kappa shape index (κ2) is 7.56. The van der Waals surface area contributed by atoms with Gasteiger partial charge in [0.25, 0.3) is 0 Å². The normalized spacial score (nSPS) is 22.8. The highest BCUT2D eigenvalue weighted by Crippen LogP contribution is 2.11. The molecule has 21 heavy (non-hydrogen) atoms. The Kier molecular flexibility index (Phi) is 5.76. The summed E-state index contributed by atoms with van der Waals surface area (Å²) in [7, 11) is 2.00. The maximum Gasteiger partial charge on any atom is 0.236 e. The second-order valence-electron chi connectivity index (χ2n) is 5.95. The van der Waals surface area contributed by atoms with Gasteiger partial charge in [0.2, 0.25) is 5.91 Å². The van der Waals surface area contributed by atoms with E-state index >= 15 is 0 Å². The molecular formula is C15H26N4O2. The van der Waals surface area contributed by atoms with Gasteiger partial charge < -0.3 is 14.2 Å². The summed E-state index contributed by atoms with van der Waals surface area (Å²) in [5.74, 6) is 0.196. The number of hydrogen-bond acceptors (Lipinski definition) is 4. The molecule has 118 valence electrons. The number of morpholine rings is 1. The van der Waals surface area contributed by atoms with Crippen LogP contribution in [0, 0.1) is 0 Å². The molecule has 1 aromatic heterocycles. The summed E-state index contributed by atoms with van der Waals surface area (Å²) in [6.45, 7) is 7.75. The van der Waals surface area contributed by atoms with Crippen LogP contribution in [0.15, 0.2) is 18.7 Å². The summed E-state index contributed by atoms with van der Waals surface area (Å²) < 4.78 is 7.72. The number of amides is 1. The molecule has 0 aliphatic carbocycles. The number of nitrogens with zero attached hydrogens (tertiary/aromatic N) is 4. The molecule has 2 rings (SSSR count). The van der Waals surface area contributed by atoms with Crippen molar-refractivity contribution in [2.75, 3.05) is 33.2 Å². The minimum Gasteiger partial charge on any atom is -0.372 e. The van der Waals surface area contributed by atoms with Crippen molar-refractivity contribution in [3.8, 4) is 0 Å². The van der Waals surface area contributed by atoms with Gasteiger partial charge in [0.05, 0.1) is 25.1 Å². The third kappa shape index (κ3) is 5.13. The van der Waals surface area contributed by atoms with Gasteiger partial charge in [-0.2, -0.15) is 0 Å². The highest BCUT2D eigenvalue weighted by atomic mass is 16.5. The van der Waals surface area contributed by atoms with E-state index in [0.717, 1.165) is 19.5 Å². The largest absolute Gasteiger partial charge is 0.372 e. The van der Waals surface area contributed by atoms with E-state index in [4.69, 9.17) is 4.74 Å². The Labute approximate surface area is 126 Å². The summed E-state index contributed by atoms with van der Waals surface area (Å²) in [6.07, 6.45) is 6.83. The van der Waals surface area contributed by atoms with E-state index in [1.807, 2.05) is 38.3 Å². The molecule has 0 N–H and O–H groups in total. The molecule has 0 radical (unpaired) electrons. The molecular weight excluding hydrogens is 268 g/mol. The van der Waals surface area contributed by atoms with E-state index in [0.29, 0.717) is 19.6 Å². The Bertz CT molecular complexity index is 425. The highest BCUT2D eigenvalue weighted by molar-refractivity contribution is 5.78. The summed E-state index contributed by atoms with van der Waals surface area (Å²) in [6, 6.07) is 0. The van der Waals surface area contributed by atoms with Gasteiger partial charge in [0.1, 0.15) is 0 Å². The Morgan fingerprint density at radius 1 is 1.38 bits per heavy atom. The van der Waals surface area contributed by atoms with Crippen molar-refractivity contribution in [3.63, 3.8) is 0 Å². The number of carbonyl (C=O) groups is 1. The van der Waals surface area contributed by atoms with Gasteiger partial charge in [-0.15, -0.1) is 0 Å². The van der Waals surface area contributed by atoms with E-state index in [9.17, 15) is 4.79 Å². The van der Waals surface area contributed by atoms with Gasteiger partial charge in [-0.3, -0.25) is 9.69 Å². The minimum absolute atomic E-state index is 0.129. The number of rotatable bonds is 6. The van der Waals surface area contributed by atoms with Gasteiger partial charge in [0.15, 0.2) is 0 Å². The first-order chi connectivity index (χ1) is 10.0. The molecule has 1 aromatic rings. The molecule has 0 bridgehead atoms. The molecule has 1 aliphatic rings. The lowest BCUT2D eigenvalue weighted by atomic mass is 10.2. The second-order valence-corrected chi connectivity index (χ2v) is 5.95. The van der Waals surface area contributed by atoms with Crippen LogP contribution in [-0.4, -0.2) is 70.7 Å². The first-order valence-electron chi connectivity index (χ1n) is 7.62. The van der Waals surface area contributed by atoms with E-state index in [1.54, 1.807) is 6.20 Å². The van der Waals surface area contributed by atoms with Gasteiger partial charge >= 0.3 is 0 Å². The number of aryl methyl sites for hydroxylation is 1.